The Morgan fingerprint density at radius 1 is 1.18 bits per heavy atom. The second-order valence-electron chi connectivity index (χ2n) is 6.20. The van der Waals surface area contributed by atoms with Gasteiger partial charge in [0.1, 0.15) is 0 Å². The molecule has 0 amide bonds. The lowest BCUT2D eigenvalue weighted by molar-refractivity contribution is 0.203. The molecule has 0 unspecified atom stereocenters. The average molecular weight is 235 g/mol. The van der Waals surface area contributed by atoms with Crippen molar-refractivity contribution in [1.82, 2.24) is 10.2 Å². The lowest BCUT2D eigenvalue weighted by atomic mass is 9.73. The van der Waals surface area contributed by atoms with Crippen molar-refractivity contribution in [2.24, 2.45) is 10.4 Å². The van der Waals surface area contributed by atoms with E-state index < -0.39 is 0 Å². The molecule has 0 aromatic rings. The fraction of sp³-hybridized carbons (Fsp3) is 0.929. The molecule has 1 saturated heterocycles. The van der Waals surface area contributed by atoms with Crippen molar-refractivity contribution in [2.75, 3.05) is 20.1 Å². The molecule has 1 aliphatic heterocycles. The Balaban J connectivity index is 1.61. The van der Waals surface area contributed by atoms with Gasteiger partial charge in [0.2, 0.25) is 0 Å². The van der Waals surface area contributed by atoms with Gasteiger partial charge in [-0.1, -0.05) is 19.3 Å². The summed E-state index contributed by atoms with van der Waals surface area (Å²) in [6, 6.07) is 0.719. The normalized spacial score (nSPS) is 28.8. The van der Waals surface area contributed by atoms with Crippen molar-refractivity contribution < 1.29 is 0 Å². The standard InChI is InChI=1S/C14H25N3/c1-15-13(16-12-5-6-12)17-10-9-14(11-17)7-3-2-4-8-14/h12H,2-11H2,1H3,(H,15,16). The number of guanidine groups is 1. The summed E-state index contributed by atoms with van der Waals surface area (Å²) in [5, 5.41) is 3.58. The lowest BCUT2D eigenvalue weighted by Gasteiger charge is -2.33. The van der Waals surface area contributed by atoms with Crippen LogP contribution in [0.5, 0.6) is 0 Å². The van der Waals surface area contributed by atoms with E-state index in [2.05, 4.69) is 15.2 Å². The summed E-state index contributed by atoms with van der Waals surface area (Å²) in [6.45, 7) is 2.46. The van der Waals surface area contributed by atoms with Crippen molar-refractivity contribution in [1.29, 1.82) is 0 Å². The second kappa shape index (κ2) is 4.51. The quantitative estimate of drug-likeness (QED) is 0.558. The summed E-state index contributed by atoms with van der Waals surface area (Å²) >= 11 is 0. The molecular formula is C14H25N3. The molecule has 3 aliphatic rings. The first-order valence-electron chi connectivity index (χ1n) is 7.30. The van der Waals surface area contributed by atoms with Gasteiger partial charge in [-0.2, -0.15) is 0 Å². The van der Waals surface area contributed by atoms with Crippen molar-refractivity contribution in [3.8, 4) is 0 Å². The smallest absolute Gasteiger partial charge is 0.193 e. The van der Waals surface area contributed by atoms with Gasteiger partial charge in [-0.25, -0.2) is 0 Å². The van der Waals surface area contributed by atoms with E-state index in [0.29, 0.717) is 5.41 Å². The number of hydrogen-bond donors (Lipinski definition) is 1. The van der Waals surface area contributed by atoms with Crippen LogP contribution in [0.4, 0.5) is 0 Å². The van der Waals surface area contributed by atoms with Crippen LogP contribution in [0.25, 0.3) is 0 Å². The topological polar surface area (TPSA) is 27.6 Å². The van der Waals surface area contributed by atoms with E-state index in [1.54, 1.807) is 0 Å². The van der Waals surface area contributed by atoms with Crippen LogP contribution in [0.1, 0.15) is 51.4 Å². The van der Waals surface area contributed by atoms with Crippen molar-refractivity contribution in [2.45, 2.75) is 57.4 Å². The summed E-state index contributed by atoms with van der Waals surface area (Å²) in [5.41, 5.74) is 0.638. The van der Waals surface area contributed by atoms with Gasteiger partial charge in [-0.3, -0.25) is 4.99 Å². The number of likely N-dealkylation sites (tertiary alicyclic amines) is 1. The van der Waals surface area contributed by atoms with Crippen molar-refractivity contribution >= 4 is 5.96 Å². The summed E-state index contributed by atoms with van der Waals surface area (Å²) < 4.78 is 0. The third-order valence-corrected chi connectivity index (χ3v) is 4.77. The van der Waals surface area contributed by atoms with E-state index in [9.17, 15) is 0 Å². The third-order valence-electron chi connectivity index (χ3n) is 4.77. The van der Waals surface area contributed by atoms with E-state index in [0.717, 1.165) is 12.0 Å². The van der Waals surface area contributed by atoms with Gasteiger partial charge >= 0.3 is 0 Å². The molecule has 96 valence electrons. The summed E-state index contributed by atoms with van der Waals surface area (Å²) in [5.74, 6) is 1.16. The first-order valence-corrected chi connectivity index (χ1v) is 7.30. The number of nitrogens with zero attached hydrogens (tertiary/aromatic N) is 2. The van der Waals surface area contributed by atoms with Crippen molar-refractivity contribution in [3.63, 3.8) is 0 Å². The minimum atomic E-state index is 0.638. The maximum absolute atomic E-state index is 4.46. The van der Waals surface area contributed by atoms with Gasteiger partial charge in [0.25, 0.3) is 0 Å². The highest BCUT2D eigenvalue weighted by Crippen LogP contribution is 2.43. The molecule has 3 rings (SSSR count). The summed E-state index contributed by atoms with van der Waals surface area (Å²) in [6.07, 6.45) is 11.3. The maximum Gasteiger partial charge on any atom is 0.193 e. The molecule has 17 heavy (non-hydrogen) atoms. The van der Waals surface area contributed by atoms with Crippen LogP contribution in [-0.4, -0.2) is 37.0 Å². The predicted octanol–water partition coefficient (Wildman–Crippen LogP) is 2.38. The molecule has 1 heterocycles. The predicted molar refractivity (Wildman–Crippen MR) is 71.2 cm³/mol. The van der Waals surface area contributed by atoms with Gasteiger partial charge in [0, 0.05) is 26.2 Å². The molecule has 0 radical (unpaired) electrons. The van der Waals surface area contributed by atoms with Crippen LogP contribution in [0, 0.1) is 5.41 Å². The molecule has 3 fully saturated rings. The molecule has 1 N–H and O–H groups in total. The SMILES string of the molecule is CN=C(NC1CC1)N1CCC2(CCCCC2)C1. The minimum Gasteiger partial charge on any atom is -0.354 e. The molecule has 1 spiro atoms. The van der Waals surface area contributed by atoms with Crippen molar-refractivity contribution in [3.05, 3.63) is 0 Å². The molecule has 0 atom stereocenters. The van der Waals surface area contributed by atoms with Crippen LogP contribution < -0.4 is 5.32 Å². The van der Waals surface area contributed by atoms with E-state index in [-0.39, 0.29) is 0 Å². The highest BCUT2D eigenvalue weighted by molar-refractivity contribution is 5.80. The first kappa shape index (κ1) is 11.4. The zero-order chi connectivity index (χ0) is 11.7. The monoisotopic (exact) mass is 235 g/mol. The molecule has 2 saturated carbocycles. The second-order valence-corrected chi connectivity index (χ2v) is 6.20. The fourth-order valence-corrected chi connectivity index (χ4v) is 3.53. The van der Waals surface area contributed by atoms with Gasteiger partial charge in [-0.05, 0) is 37.5 Å². The molecule has 0 aromatic carbocycles. The first-order chi connectivity index (χ1) is 8.31. The Hall–Kier alpha value is -0.730. The molecule has 0 aromatic heterocycles. The van der Waals surface area contributed by atoms with E-state index in [4.69, 9.17) is 0 Å². The van der Waals surface area contributed by atoms with E-state index in [1.165, 1.54) is 64.5 Å². The fourth-order valence-electron chi connectivity index (χ4n) is 3.53. The van der Waals surface area contributed by atoms with Gasteiger partial charge in [-0.15, -0.1) is 0 Å². The highest BCUT2D eigenvalue weighted by Gasteiger charge is 2.40. The van der Waals surface area contributed by atoms with E-state index in [1.807, 2.05) is 7.05 Å². The number of nitrogens with one attached hydrogen (secondary N) is 1. The Kier molecular flexibility index (Phi) is 3.01. The van der Waals surface area contributed by atoms with Gasteiger partial charge in [0.15, 0.2) is 5.96 Å². The highest BCUT2D eigenvalue weighted by atomic mass is 15.3. The minimum absolute atomic E-state index is 0.638. The zero-order valence-electron chi connectivity index (χ0n) is 11.0. The number of aliphatic imine (C=N–C) groups is 1. The van der Waals surface area contributed by atoms with Crippen LogP contribution in [0.2, 0.25) is 0 Å². The molecule has 3 nitrogen and oxygen atoms in total. The van der Waals surface area contributed by atoms with Crippen LogP contribution in [-0.2, 0) is 0 Å². The maximum atomic E-state index is 4.46. The number of rotatable bonds is 1. The molecule has 2 aliphatic carbocycles. The Morgan fingerprint density at radius 3 is 2.59 bits per heavy atom. The molecule has 3 heteroatoms. The Bertz CT molecular complexity index is 301. The van der Waals surface area contributed by atoms with Crippen LogP contribution in [0.3, 0.4) is 0 Å². The van der Waals surface area contributed by atoms with Crippen LogP contribution in [0.15, 0.2) is 4.99 Å². The van der Waals surface area contributed by atoms with Crippen LogP contribution >= 0.6 is 0 Å². The largest absolute Gasteiger partial charge is 0.354 e. The zero-order valence-corrected chi connectivity index (χ0v) is 11.0. The summed E-state index contributed by atoms with van der Waals surface area (Å²) in [7, 11) is 1.93. The lowest BCUT2D eigenvalue weighted by Crippen LogP contribution is -2.42. The third kappa shape index (κ3) is 2.43. The summed E-state index contributed by atoms with van der Waals surface area (Å²) in [4.78, 5) is 6.96. The Labute approximate surface area is 105 Å². The average Bonchev–Trinajstić information content (AvgIpc) is 3.10. The van der Waals surface area contributed by atoms with Gasteiger partial charge < -0.3 is 10.2 Å². The molecule has 0 bridgehead atoms. The van der Waals surface area contributed by atoms with E-state index >= 15 is 0 Å². The van der Waals surface area contributed by atoms with Gasteiger partial charge in [0.05, 0.1) is 0 Å². The molecular weight excluding hydrogens is 210 g/mol. The number of hydrogen-bond acceptors (Lipinski definition) is 1. The Morgan fingerprint density at radius 2 is 1.94 bits per heavy atom.